The Kier molecular flexibility index (Phi) is 4.79. The van der Waals surface area contributed by atoms with Gasteiger partial charge in [0.1, 0.15) is 0 Å². The fraction of sp³-hybridized carbons (Fsp3) is 0.0417. The molecular weight excluding hydrogens is 376 g/mol. The predicted octanol–water partition coefficient (Wildman–Crippen LogP) is 4.99. The van der Waals surface area contributed by atoms with Gasteiger partial charge in [-0.2, -0.15) is 5.10 Å². The summed E-state index contributed by atoms with van der Waals surface area (Å²) in [4.78, 5) is 9.28. The highest BCUT2D eigenvalue weighted by Crippen LogP contribution is 2.32. The first-order chi connectivity index (χ1) is 14.8. The van der Waals surface area contributed by atoms with Crippen LogP contribution in [-0.4, -0.2) is 23.0 Å². The Morgan fingerprint density at radius 3 is 2.03 bits per heavy atom. The summed E-state index contributed by atoms with van der Waals surface area (Å²) in [6.07, 6.45) is 1.70. The van der Waals surface area contributed by atoms with Crippen LogP contribution in [0.5, 0.6) is 11.5 Å². The molecule has 0 spiro atoms. The summed E-state index contributed by atoms with van der Waals surface area (Å²) in [6.45, 7) is 0.247. The maximum Gasteiger partial charge on any atom is 0.244 e. The molecule has 0 amide bonds. The van der Waals surface area contributed by atoms with E-state index in [0.29, 0.717) is 11.7 Å². The summed E-state index contributed by atoms with van der Waals surface area (Å²) < 4.78 is 10.7. The van der Waals surface area contributed by atoms with Gasteiger partial charge < -0.3 is 9.47 Å². The summed E-state index contributed by atoms with van der Waals surface area (Å²) in [5, 5.41) is 4.31. The van der Waals surface area contributed by atoms with Gasteiger partial charge in [0.2, 0.25) is 12.7 Å². The van der Waals surface area contributed by atoms with Crippen molar-refractivity contribution < 1.29 is 9.47 Å². The van der Waals surface area contributed by atoms with Gasteiger partial charge in [0.15, 0.2) is 11.5 Å². The number of hydrogen-bond donors (Lipinski definition) is 1. The third-order valence-corrected chi connectivity index (χ3v) is 4.64. The van der Waals surface area contributed by atoms with Crippen molar-refractivity contribution in [2.24, 2.45) is 5.10 Å². The molecule has 1 N–H and O–H groups in total. The van der Waals surface area contributed by atoms with Gasteiger partial charge in [-0.25, -0.2) is 15.4 Å². The number of hydrogen-bond acceptors (Lipinski definition) is 6. The number of aromatic nitrogens is 2. The van der Waals surface area contributed by atoms with E-state index >= 15 is 0 Å². The molecule has 146 valence electrons. The average Bonchev–Trinajstić information content (AvgIpc) is 3.28. The SMILES string of the molecule is C(=N/Nc1nc(-c2ccccc2)cc(-c2ccccc2)n1)/c1ccc2c(c1)OCO2. The van der Waals surface area contributed by atoms with Crippen molar-refractivity contribution in [1.29, 1.82) is 0 Å². The Hall–Kier alpha value is -4.19. The Bertz CT molecular complexity index is 1140. The second kappa shape index (κ2) is 8.05. The van der Waals surface area contributed by atoms with Crippen LogP contribution in [-0.2, 0) is 0 Å². The van der Waals surface area contributed by atoms with Crippen LogP contribution in [0.25, 0.3) is 22.5 Å². The first kappa shape index (κ1) is 17.9. The Labute approximate surface area is 173 Å². The third kappa shape index (κ3) is 3.84. The first-order valence-corrected chi connectivity index (χ1v) is 9.54. The van der Waals surface area contributed by atoms with Crippen LogP contribution < -0.4 is 14.9 Å². The maximum absolute atomic E-state index is 5.40. The van der Waals surface area contributed by atoms with Gasteiger partial charge in [-0.3, -0.25) is 0 Å². The molecule has 6 nitrogen and oxygen atoms in total. The number of benzene rings is 3. The Balaban J connectivity index is 1.45. The molecule has 0 saturated carbocycles. The Morgan fingerprint density at radius 2 is 1.37 bits per heavy atom. The Morgan fingerprint density at radius 1 is 0.733 bits per heavy atom. The summed E-state index contributed by atoms with van der Waals surface area (Å²) in [5.41, 5.74) is 7.52. The minimum Gasteiger partial charge on any atom is -0.454 e. The average molecular weight is 394 g/mol. The molecule has 30 heavy (non-hydrogen) atoms. The molecule has 5 rings (SSSR count). The van der Waals surface area contributed by atoms with E-state index in [9.17, 15) is 0 Å². The second-order valence-electron chi connectivity index (χ2n) is 6.68. The minimum atomic E-state index is 0.247. The fourth-order valence-corrected chi connectivity index (χ4v) is 3.17. The van der Waals surface area contributed by atoms with Gasteiger partial charge in [0.25, 0.3) is 0 Å². The maximum atomic E-state index is 5.40. The van der Waals surface area contributed by atoms with Gasteiger partial charge in [-0.1, -0.05) is 60.7 Å². The lowest BCUT2D eigenvalue weighted by atomic mass is 10.1. The fourth-order valence-electron chi connectivity index (χ4n) is 3.17. The quantitative estimate of drug-likeness (QED) is 0.382. The molecule has 0 aliphatic carbocycles. The first-order valence-electron chi connectivity index (χ1n) is 9.54. The molecule has 3 aromatic carbocycles. The lowest BCUT2D eigenvalue weighted by molar-refractivity contribution is 0.174. The largest absolute Gasteiger partial charge is 0.454 e. The van der Waals surface area contributed by atoms with E-state index in [-0.39, 0.29) is 6.79 Å². The summed E-state index contributed by atoms with van der Waals surface area (Å²) in [7, 11) is 0. The highest BCUT2D eigenvalue weighted by molar-refractivity contribution is 5.81. The number of hydrazone groups is 1. The highest BCUT2D eigenvalue weighted by Gasteiger charge is 2.12. The topological polar surface area (TPSA) is 68.6 Å². The van der Waals surface area contributed by atoms with Crippen molar-refractivity contribution >= 4 is 12.2 Å². The molecule has 1 aromatic heterocycles. The highest BCUT2D eigenvalue weighted by atomic mass is 16.7. The standard InChI is InChI=1S/C24H18N4O2/c1-3-7-18(8-4-1)20-14-21(19-9-5-2-6-10-19)27-24(26-20)28-25-15-17-11-12-22-23(13-17)30-16-29-22/h1-15H,16H2,(H,26,27,28)/b25-15-. The van der Waals surface area contributed by atoms with Crippen molar-refractivity contribution in [3.8, 4) is 34.0 Å². The van der Waals surface area contributed by atoms with Gasteiger partial charge >= 0.3 is 0 Å². The van der Waals surface area contributed by atoms with Gasteiger partial charge in [0, 0.05) is 11.1 Å². The van der Waals surface area contributed by atoms with Crippen LogP contribution in [0.3, 0.4) is 0 Å². The van der Waals surface area contributed by atoms with Gasteiger partial charge in [-0.05, 0) is 29.8 Å². The molecule has 0 unspecified atom stereocenters. The molecule has 4 aromatic rings. The summed E-state index contributed by atoms with van der Waals surface area (Å²) >= 11 is 0. The lowest BCUT2D eigenvalue weighted by Crippen LogP contribution is -2.00. The number of ether oxygens (including phenoxy) is 2. The van der Waals surface area contributed by atoms with Crippen LogP contribution in [0.15, 0.2) is 90.0 Å². The van der Waals surface area contributed by atoms with E-state index in [1.165, 1.54) is 0 Å². The summed E-state index contributed by atoms with van der Waals surface area (Å²) in [5.74, 6) is 1.88. The normalized spacial score (nSPS) is 12.3. The van der Waals surface area contributed by atoms with E-state index in [4.69, 9.17) is 9.47 Å². The molecule has 1 aliphatic rings. The molecule has 2 heterocycles. The van der Waals surface area contributed by atoms with Crippen molar-refractivity contribution in [2.75, 3.05) is 12.2 Å². The van der Waals surface area contributed by atoms with Crippen LogP contribution in [0.4, 0.5) is 5.95 Å². The summed E-state index contributed by atoms with van der Waals surface area (Å²) in [6, 6.07) is 27.7. The monoisotopic (exact) mass is 394 g/mol. The molecule has 0 radical (unpaired) electrons. The molecular formula is C24H18N4O2. The van der Waals surface area contributed by atoms with Crippen molar-refractivity contribution in [3.63, 3.8) is 0 Å². The number of nitrogens with one attached hydrogen (secondary N) is 1. The van der Waals surface area contributed by atoms with Crippen LogP contribution in [0.2, 0.25) is 0 Å². The number of nitrogens with zero attached hydrogens (tertiary/aromatic N) is 3. The van der Waals surface area contributed by atoms with Crippen molar-refractivity contribution in [2.45, 2.75) is 0 Å². The van der Waals surface area contributed by atoms with E-state index in [2.05, 4.69) is 20.5 Å². The van der Waals surface area contributed by atoms with Crippen LogP contribution in [0.1, 0.15) is 5.56 Å². The molecule has 0 saturated heterocycles. The second-order valence-corrected chi connectivity index (χ2v) is 6.68. The smallest absolute Gasteiger partial charge is 0.244 e. The lowest BCUT2D eigenvalue weighted by Gasteiger charge is -2.08. The van der Waals surface area contributed by atoms with Crippen molar-refractivity contribution in [1.82, 2.24) is 9.97 Å². The third-order valence-electron chi connectivity index (χ3n) is 4.64. The van der Waals surface area contributed by atoms with E-state index in [1.807, 2.05) is 84.9 Å². The minimum absolute atomic E-state index is 0.247. The van der Waals surface area contributed by atoms with Crippen LogP contribution >= 0.6 is 0 Å². The zero-order valence-corrected chi connectivity index (χ0v) is 16.0. The molecule has 0 atom stereocenters. The number of rotatable bonds is 5. The molecule has 0 bridgehead atoms. The van der Waals surface area contributed by atoms with E-state index < -0.39 is 0 Å². The van der Waals surface area contributed by atoms with Crippen LogP contribution in [0, 0.1) is 0 Å². The molecule has 1 aliphatic heterocycles. The number of fused-ring (bicyclic) bond motifs is 1. The van der Waals surface area contributed by atoms with Gasteiger partial charge in [0.05, 0.1) is 17.6 Å². The van der Waals surface area contributed by atoms with E-state index in [1.54, 1.807) is 6.21 Å². The van der Waals surface area contributed by atoms with E-state index in [0.717, 1.165) is 33.8 Å². The molecule has 0 fully saturated rings. The predicted molar refractivity (Wildman–Crippen MR) is 117 cm³/mol. The molecule has 6 heteroatoms. The number of anilines is 1. The van der Waals surface area contributed by atoms with Gasteiger partial charge in [-0.15, -0.1) is 0 Å². The zero-order valence-electron chi connectivity index (χ0n) is 16.0. The zero-order chi connectivity index (χ0) is 20.2. The van der Waals surface area contributed by atoms with Crippen molar-refractivity contribution in [3.05, 3.63) is 90.5 Å².